The van der Waals surface area contributed by atoms with Gasteiger partial charge in [-0.2, -0.15) is 11.8 Å². The highest BCUT2D eigenvalue weighted by atomic mass is 32.2. The highest BCUT2D eigenvalue weighted by Crippen LogP contribution is 2.16. The summed E-state index contributed by atoms with van der Waals surface area (Å²) in [6, 6.07) is 5.79. The quantitative estimate of drug-likeness (QED) is 0.718. The molecule has 0 unspecified atom stereocenters. The monoisotopic (exact) mass is 280 g/mol. The van der Waals surface area contributed by atoms with Gasteiger partial charge < -0.3 is 10.6 Å². The molecule has 0 aliphatic rings. The number of aryl methyl sites for hydroxylation is 1. The number of carbonyl (C=O) groups is 1. The lowest BCUT2D eigenvalue weighted by molar-refractivity contribution is 0.0953. The maximum absolute atomic E-state index is 12.0. The number of hydrogen-bond donors (Lipinski definition) is 2. The number of anilines is 1. The first-order valence-corrected chi connectivity index (χ1v) is 8.20. The van der Waals surface area contributed by atoms with Crippen molar-refractivity contribution in [1.29, 1.82) is 0 Å². The molecule has 106 valence electrons. The van der Waals surface area contributed by atoms with Gasteiger partial charge in [-0.1, -0.05) is 0 Å². The molecule has 2 N–H and O–H groups in total. The second-order valence-electron chi connectivity index (χ2n) is 4.52. The van der Waals surface area contributed by atoms with Crippen LogP contribution in [0, 0.1) is 6.92 Å². The number of carbonyl (C=O) groups excluding carboxylic acids is 1. The Morgan fingerprint density at radius 1 is 1.32 bits per heavy atom. The lowest BCUT2D eigenvalue weighted by atomic mass is 10.1. The maximum Gasteiger partial charge on any atom is 0.251 e. The van der Waals surface area contributed by atoms with E-state index in [1.54, 1.807) is 0 Å². The van der Waals surface area contributed by atoms with Crippen LogP contribution < -0.4 is 10.6 Å². The van der Waals surface area contributed by atoms with Gasteiger partial charge in [-0.15, -0.1) is 0 Å². The second-order valence-corrected chi connectivity index (χ2v) is 5.50. The van der Waals surface area contributed by atoms with Crippen LogP contribution >= 0.6 is 11.8 Å². The van der Waals surface area contributed by atoms with Crippen molar-refractivity contribution < 1.29 is 4.79 Å². The van der Waals surface area contributed by atoms with E-state index in [0.717, 1.165) is 48.5 Å². The van der Waals surface area contributed by atoms with Crippen molar-refractivity contribution in [3.05, 3.63) is 29.3 Å². The van der Waals surface area contributed by atoms with E-state index >= 15 is 0 Å². The minimum absolute atomic E-state index is 0.0234. The van der Waals surface area contributed by atoms with E-state index in [4.69, 9.17) is 0 Å². The average Bonchev–Trinajstić information content (AvgIpc) is 2.41. The van der Waals surface area contributed by atoms with Gasteiger partial charge in [0.1, 0.15) is 0 Å². The summed E-state index contributed by atoms with van der Waals surface area (Å²) in [4.78, 5) is 12.0. The Hall–Kier alpha value is -1.16. The molecule has 0 aromatic heterocycles. The Kier molecular flexibility index (Phi) is 7.41. The number of hydrogen-bond acceptors (Lipinski definition) is 3. The summed E-state index contributed by atoms with van der Waals surface area (Å²) < 4.78 is 0. The molecule has 0 atom stereocenters. The largest absolute Gasteiger partial charge is 0.385 e. The predicted molar refractivity (Wildman–Crippen MR) is 85.3 cm³/mol. The number of benzene rings is 1. The molecule has 0 saturated carbocycles. The smallest absolute Gasteiger partial charge is 0.251 e. The molecule has 19 heavy (non-hydrogen) atoms. The van der Waals surface area contributed by atoms with E-state index in [1.807, 2.05) is 36.9 Å². The fourth-order valence-corrected chi connectivity index (χ4v) is 2.36. The van der Waals surface area contributed by atoms with Gasteiger partial charge >= 0.3 is 0 Å². The molecule has 0 aliphatic heterocycles. The Balaban J connectivity index is 2.46. The molecule has 0 heterocycles. The summed E-state index contributed by atoms with van der Waals surface area (Å²) in [5.74, 6) is 1.18. The van der Waals surface area contributed by atoms with Crippen LogP contribution in [-0.4, -0.2) is 31.0 Å². The summed E-state index contributed by atoms with van der Waals surface area (Å²) in [5.41, 5.74) is 2.94. The Morgan fingerprint density at radius 3 is 2.74 bits per heavy atom. The van der Waals surface area contributed by atoms with Crippen LogP contribution in [0.3, 0.4) is 0 Å². The molecule has 4 heteroatoms. The van der Waals surface area contributed by atoms with Gasteiger partial charge in [-0.3, -0.25) is 4.79 Å². The molecule has 1 amide bonds. The molecule has 0 aliphatic carbocycles. The molecule has 1 aromatic carbocycles. The molecule has 0 saturated heterocycles. The van der Waals surface area contributed by atoms with E-state index in [1.165, 1.54) is 0 Å². The lowest BCUT2D eigenvalue weighted by Crippen LogP contribution is -2.24. The fraction of sp³-hybridized carbons (Fsp3) is 0.533. The minimum atomic E-state index is 0.0234. The van der Waals surface area contributed by atoms with Crippen molar-refractivity contribution in [2.24, 2.45) is 0 Å². The van der Waals surface area contributed by atoms with Crippen molar-refractivity contribution in [1.82, 2.24) is 5.32 Å². The van der Waals surface area contributed by atoms with Crippen LogP contribution in [0.25, 0.3) is 0 Å². The topological polar surface area (TPSA) is 41.1 Å². The number of unbranched alkanes of at least 4 members (excludes halogenated alkanes) is 1. The lowest BCUT2D eigenvalue weighted by Gasteiger charge is -2.10. The number of amides is 1. The van der Waals surface area contributed by atoms with Gasteiger partial charge in [0.15, 0.2) is 0 Å². The van der Waals surface area contributed by atoms with Crippen molar-refractivity contribution in [3.8, 4) is 0 Å². The highest BCUT2D eigenvalue weighted by Gasteiger charge is 2.06. The van der Waals surface area contributed by atoms with Crippen molar-refractivity contribution >= 4 is 23.4 Å². The van der Waals surface area contributed by atoms with Gasteiger partial charge in [0, 0.05) is 24.3 Å². The zero-order valence-electron chi connectivity index (χ0n) is 12.1. The highest BCUT2D eigenvalue weighted by molar-refractivity contribution is 7.98. The molecule has 0 fully saturated rings. The zero-order chi connectivity index (χ0) is 14.1. The molecule has 1 rings (SSSR count). The van der Waals surface area contributed by atoms with Crippen molar-refractivity contribution in [3.63, 3.8) is 0 Å². The van der Waals surface area contributed by atoms with E-state index in [9.17, 15) is 4.79 Å². The molecular weight excluding hydrogens is 256 g/mol. The number of rotatable bonds is 8. The zero-order valence-corrected chi connectivity index (χ0v) is 12.9. The summed E-state index contributed by atoms with van der Waals surface area (Å²) in [6.07, 6.45) is 4.30. The van der Waals surface area contributed by atoms with Gasteiger partial charge in [-0.25, -0.2) is 0 Å². The SMILES string of the molecule is CCNc1ccc(C(=O)NCCCCSC)cc1C. The van der Waals surface area contributed by atoms with E-state index in [2.05, 4.69) is 23.8 Å². The summed E-state index contributed by atoms with van der Waals surface area (Å²) >= 11 is 1.85. The Morgan fingerprint density at radius 2 is 2.11 bits per heavy atom. The Labute approximate surface area is 120 Å². The second kappa shape index (κ2) is 8.86. The van der Waals surface area contributed by atoms with E-state index in [-0.39, 0.29) is 5.91 Å². The van der Waals surface area contributed by atoms with Crippen LogP contribution in [0.15, 0.2) is 18.2 Å². The van der Waals surface area contributed by atoms with E-state index < -0.39 is 0 Å². The molecule has 0 bridgehead atoms. The van der Waals surface area contributed by atoms with Gasteiger partial charge in [-0.05, 0) is 62.5 Å². The summed E-state index contributed by atoms with van der Waals surface area (Å²) in [7, 11) is 0. The molecule has 1 aromatic rings. The third-order valence-corrected chi connectivity index (χ3v) is 3.61. The fourth-order valence-electron chi connectivity index (χ4n) is 1.87. The standard InChI is InChI=1S/C15H24N2OS/c1-4-16-14-8-7-13(11-12(14)2)15(18)17-9-5-6-10-19-3/h7-8,11,16H,4-6,9-10H2,1-3H3,(H,17,18). The Bertz CT molecular complexity index is 407. The van der Waals surface area contributed by atoms with Crippen molar-refractivity contribution in [2.75, 3.05) is 30.4 Å². The first kappa shape index (κ1) is 15.9. The van der Waals surface area contributed by atoms with E-state index in [0.29, 0.717) is 0 Å². The first-order chi connectivity index (χ1) is 9.19. The van der Waals surface area contributed by atoms with Gasteiger partial charge in [0.2, 0.25) is 0 Å². The third-order valence-electron chi connectivity index (χ3n) is 2.92. The van der Waals surface area contributed by atoms with Gasteiger partial charge in [0.25, 0.3) is 5.91 Å². The van der Waals surface area contributed by atoms with Crippen LogP contribution in [0.1, 0.15) is 35.7 Å². The van der Waals surface area contributed by atoms with Crippen molar-refractivity contribution in [2.45, 2.75) is 26.7 Å². The number of nitrogens with one attached hydrogen (secondary N) is 2. The van der Waals surface area contributed by atoms with Crippen LogP contribution in [0.5, 0.6) is 0 Å². The first-order valence-electron chi connectivity index (χ1n) is 6.80. The minimum Gasteiger partial charge on any atom is -0.385 e. The van der Waals surface area contributed by atoms with Crippen LogP contribution in [-0.2, 0) is 0 Å². The summed E-state index contributed by atoms with van der Waals surface area (Å²) in [6.45, 7) is 5.73. The van der Waals surface area contributed by atoms with Gasteiger partial charge in [0.05, 0.1) is 0 Å². The predicted octanol–water partition coefficient (Wildman–Crippen LogP) is 3.30. The molecular formula is C15H24N2OS. The average molecular weight is 280 g/mol. The molecule has 0 radical (unpaired) electrons. The normalized spacial score (nSPS) is 10.3. The maximum atomic E-state index is 12.0. The molecule has 3 nitrogen and oxygen atoms in total. The summed E-state index contributed by atoms with van der Waals surface area (Å²) in [5, 5.41) is 6.24. The van der Waals surface area contributed by atoms with Crippen LogP contribution in [0.4, 0.5) is 5.69 Å². The third kappa shape index (κ3) is 5.55. The van der Waals surface area contributed by atoms with Crippen LogP contribution in [0.2, 0.25) is 0 Å². The molecule has 0 spiro atoms. The number of thioether (sulfide) groups is 1.